The molecule has 2 aromatic rings. The lowest BCUT2D eigenvalue weighted by molar-refractivity contribution is -0.119. The van der Waals surface area contributed by atoms with E-state index >= 15 is 0 Å². The Morgan fingerprint density at radius 2 is 2.19 bits per heavy atom. The van der Waals surface area contributed by atoms with Crippen LogP contribution < -0.4 is 21.6 Å². The van der Waals surface area contributed by atoms with Crippen LogP contribution in [0.2, 0.25) is 10.0 Å². The zero-order valence-corrected chi connectivity index (χ0v) is 12.1. The van der Waals surface area contributed by atoms with Crippen LogP contribution in [0, 0.1) is 0 Å². The number of primary amides is 1. The van der Waals surface area contributed by atoms with E-state index in [1.54, 1.807) is 6.07 Å². The molecule has 5 N–H and O–H groups in total. The van der Waals surface area contributed by atoms with E-state index in [2.05, 4.69) is 21.0 Å². The fourth-order valence-electron chi connectivity index (χ4n) is 1.52. The van der Waals surface area contributed by atoms with Gasteiger partial charge in [-0.15, -0.1) is 4.79 Å². The number of hydrogen-bond acceptors (Lipinski definition) is 7. The second kappa shape index (κ2) is 6.46. The number of aromatic nitrogens is 4. The SMILES string of the molecule is NC(=O)COc1c(Cl)cc(Cl)cc1CNn1nnnc1N. The van der Waals surface area contributed by atoms with Crippen molar-refractivity contribution >= 4 is 35.1 Å². The summed E-state index contributed by atoms with van der Waals surface area (Å²) in [6.07, 6.45) is 0. The molecule has 1 amide bonds. The molecule has 0 radical (unpaired) electrons. The first kappa shape index (κ1) is 15.1. The van der Waals surface area contributed by atoms with E-state index < -0.39 is 5.91 Å². The van der Waals surface area contributed by atoms with Gasteiger partial charge in [0.1, 0.15) is 5.75 Å². The largest absolute Gasteiger partial charge is 0.482 e. The van der Waals surface area contributed by atoms with E-state index in [0.29, 0.717) is 16.3 Å². The van der Waals surface area contributed by atoms with E-state index in [9.17, 15) is 4.79 Å². The lowest BCUT2D eigenvalue weighted by atomic mass is 10.2. The Hall–Kier alpha value is -2.26. The number of nitrogens with one attached hydrogen (secondary N) is 1. The molecule has 0 spiro atoms. The Labute approximate surface area is 129 Å². The van der Waals surface area contributed by atoms with Gasteiger partial charge in [-0.05, 0) is 22.6 Å². The topological polar surface area (TPSA) is 134 Å². The highest BCUT2D eigenvalue weighted by atomic mass is 35.5. The smallest absolute Gasteiger partial charge is 0.260 e. The zero-order valence-electron chi connectivity index (χ0n) is 10.6. The van der Waals surface area contributed by atoms with Gasteiger partial charge in [-0.3, -0.25) is 4.79 Å². The van der Waals surface area contributed by atoms with Gasteiger partial charge in [-0.2, -0.15) is 0 Å². The van der Waals surface area contributed by atoms with Crippen LogP contribution in [0.15, 0.2) is 12.1 Å². The molecule has 1 aromatic carbocycles. The van der Waals surface area contributed by atoms with E-state index in [0.717, 1.165) is 0 Å². The number of hydrogen-bond donors (Lipinski definition) is 3. The van der Waals surface area contributed by atoms with Crippen molar-refractivity contribution in [1.82, 2.24) is 20.3 Å². The van der Waals surface area contributed by atoms with Crippen molar-refractivity contribution in [2.45, 2.75) is 6.54 Å². The average Bonchev–Trinajstić information content (AvgIpc) is 2.80. The molecule has 0 bridgehead atoms. The van der Waals surface area contributed by atoms with Crippen molar-refractivity contribution in [1.29, 1.82) is 0 Å². The number of ether oxygens (including phenoxy) is 1. The maximum absolute atomic E-state index is 10.8. The van der Waals surface area contributed by atoms with Crippen LogP contribution in [0.4, 0.5) is 5.95 Å². The summed E-state index contributed by atoms with van der Waals surface area (Å²) in [4.78, 5) is 12.0. The quantitative estimate of drug-likeness (QED) is 0.686. The van der Waals surface area contributed by atoms with Crippen molar-refractivity contribution in [3.05, 3.63) is 27.7 Å². The molecule has 0 saturated carbocycles. The van der Waals surface area contributed by atoms with Crippen molar-refractivity contribution < 1.29 is 9.53 Å². The third-order valence-electron chi connectivity index (χ3n) is 2.36. The molecule has 112 valence electrons. The Bertz CT molecular complexity index is 661. The number of rotatable bonds is 6. The van der Waals surface area contributed by atoms with Crippen molar-refractivity contribution in [2.24, 2.45) is 5.73 Å². The number of nitrogen functional groups attached to an aromatic ring is 1. The summed E-state index contributed by atoms with van der Waals surface area (Å²) in [5.41, 5.74) is 14.0. The van der Waals surface area contributed by atoms with Crippen molar-refractivity contribution in [3.63, 3.8) is 0 Å². The molecule has 0 fully saturated rings. The number of benzene rings is 1. The second-order valence-corrected chi connectivity index (χ2v) is 4.76. The molecule has 9 nitrogen and oxygen atoms in total. The maximum atomic E-state index is 10.8. The highest BCUT2D eigenvalue weighted by molar-refractivity contribution is 6.35. The van der Waals surface area contributed by atoms with E-state index in [1.165, 1.54) is 10.9 Å². The molecular formula is C10H11Cl2N7O2. The Morgan fingerprint density at radius 3 is 2.81 bits per heavy atom. The molecule has 0 aliphatic heterocycles. The molecule has 0 saturated heterocycles. The number of nitrogens with two attached hydrogens (primary N) is 2. The van der Waals surface area contributed by atoms with Crippen LogP contribution in [0.1, 0.15) is 5.56 Å². The monoisotopic (exact) mass is 331 g/mol. The molecular weight excluding hydrogens is 321 g/mol. The number of amides is 1. The van der Waals surface area contributed by atoms with Crippen molar-refractivity contribution in [3.8, 4) is 5.75 Å². The molecule has 1 aromatic heterocycles. The van der Waals surface area contributed by atoms with Gasteiger partial charge in [0.2, 0.25) is 0 Å². The van der Waals surface area contributed by atoms with E-state index in [1.807, 2.05) is 0 Å². The molecule has 0 unspecified atom stereocenters. The number of halogens is 2. The Balaban J connectivity index is 2.20. The average molecular weight is 332 g/mol. The van der Waals surface area contributed by atoms with Gasteiger partial charge in [0, 0.05) is 10.6 Å². The second-order valence-electron chi connectivity index (χ2n) is 3.91. The predicted molar refractivity (Wildman–Crippen MR) is 76.4 cm³/mol. The Kier molecular flexibility index (Phi) is 4.66. The molecule has 0 aliphatic carbocycles. The predicted octanol–water partition coefficient (Wildman–Crippen LogP) is 0.170. The Morgan fingerprint density at radius 1 is 1.43 bits per heavy atom. The lowest BCUT2D eigenvalue weighted by Crippen LogP contribution is -2.22. The summed E-state index contributed by atoms with van der Waals surface area (Å²) in [6, 6.07) is 3.12. The van der Waals surface area contributed by atoms with Gasteiger partial charge >= 0.3 is 0 Å². The summed E-state index contributed by atoms with van der Waals surface area (Å²) < 4.78 is 5.29. The van der Waals surface area contributed by atoms with Crippen LogP contribution in [-0.2, 0) is 11.3 Å². The molecule has 2 rings (SSSR count). The summed E-state index contributed by atoms with van der Waals surface area (Å²) in [5.74, 6) is -0.244. The van der Waals surface area contributed by atoms with E-state index in [-0.39, 0.29) is 24.1 Å². The number of carbonyl (C=O) groups is 1. The van der Waals surface area contributed by atoms with Crippen LogP contribution in [0.3, 0.4) is 0 Å². The highest BCUT2D eigenvalue weighted by Gasteiger charge is 2.12. The summed E-state index contributed by atoms with van der Waals surface area (Å²) in [7, 11) is 0. The third-order valence-corrected chi connectivity index (χ3v) is 2.86. The van der Waals surface area contributed by atoms with Crippen LogP contribution in [-0.4, -0.2) is 32.8 Å². The normalized spacial score (nSPS) is 10.4. The third kappa shape index (κ3) is 3.86. The van der Waals surface area contributed by atoms with Gasteiger partial charge in [-0.1, -0.05) is 28.3 Å². The fraction of sp³-hybridized carbons (Fsp3) is 0.200. The number of anilines is 1. The minimum absolute atomic E-state index is 0.0859. The van der Waals surface area contributed by atoms with Crippen molar-refractivity contribution in [2.75, 3.05) is 17.8 Å². The summed E-state index contributed by atoms with van der Waals surface area (Å²) >= 11 is 12.0. The maximum Gasteiger partial charge on any atom is 0.260 e. The fourth-order valence-corrected chi connectivity index (χ4v) is 2.11. The molecule has 0 atom stereocenters. The molecule has 1 heterocycles. The van der Waals surface area contributed by atoms with Crippen LogP contribution >= 0.6 is 23.2 Å². The van der Waals surface area contributed by atoms with Gasteiger partial charge in [0.15, 0.2) is 6.61 Å². The van der Waals surface area contributed by atoms with Gasteiger partial charge < -0.3 is 21.6 Å². The summed E-state index contributed by atoms with van der Waals surface area (Å²) in [6.45, 7) is -0.0923. The summed E-state index contributed by atoms with van der Waals surface area (Å²) in [5, 5.41) is 11.2. The number of tetrazole rings is 1. The minimum atomic E-state index is -0.621. The molecule has 21 heavy (non-hydrogen) atoms. The molecule has 11 heteroatoms. The zero-order chi connectivity index (χ0) is 15.4. The highest BCUT2D eigenvalue weighted by Crippen LogP contribution is 2.32. The first-order valence-corrected chi connectivity index (χ1v) is 6.39. The lowest BCUT2D eigenvalue weighted by Gasteiger charge is -2.14. The van der Waals surface area contributed by atoms with Crippen LogP contribution in [0.5, 0.6) is 5.75 Å². The standard InChI is InChI=1S/C10H11Cl2N7O2/c11-6-1-5(3-15-19-10(14)16-17-18-19)9(7(12)2-6)21-4-8(13)20/h1-2,15H,3-4H2,(H2,13,20)(H2,14,16,18). The number of nitrogens with zero attached hydrogens (tertiary/aromatic N) is 4. The number of carbonyl (C=O) groups excluding carboxylic acids is 1. The first-order valence-electron chi connectivity index (χ1n) is 5.64. The van der Waals surface area contributed by atoms with Crippen LogP contribution in [0.25, 0.3) is 0 Å². The minimum Gasteiger partial charge on any atom is -0.482 e. The molecule has 0 aliphatic rings. The first-order chi connectivity index (χ1) is 9.97. The van der Waals surface area contributed by atoms with Gasteiger partial charge in [0.25, 0.3) is 11.9 Å². The van der Waals surface area contributed by atoms with Gasteiger partial charge in [0.05, 0.1) is 11.6 Å². The van der Waals surface area contributed by atoms with E-state index in [4.69, 9.17) is 39.4 Å². The van der Waals surface area contributed by atoms with Gasteiger partial charge in [-0.25, -0.2) is 0 Å².